The topological polar surface area (TPSA) is 112 Å². The lowest BCUT2D eigenvalue weighted by Crippen LogP contribution is -2.31. The maximum atomic E-state index is 13.7. The van der Waals surface area contributed by atoms with E-state index in [0.29, 0.717) is 45.8 Å². The van der Waals surface area contributed by atoms with Crippen LogP contribution in [0.4, 0.5) is 11.6 Å². The summed E-state index contributed by atoms with van der Waals surface area (Å²) in [6.07, 6.45) is 3.24. The molecule has 1 aliphatic rings. The maximum Gasteiger partial charge on any atom is 0.255 e. The molecule has 0 saturated heterocycles. The first kappa shape index (κ1) is 23.9. The Morgan fingerprint density at radius 2 is 1.81 bits per heavy atom. The second-order valence-electron chi connectivity index (χ2n) is 8.28. The van der Waals surface area contributed by atoms with Crippen molar-refractivity contribution in [1.29, 1.82) is 0 Å². The van der Waals surface area contributed by atoms with Crippen LogP contribution in [0.5, 0.6) is 17.2 Å². The Balaban J connectivity index is 1.65. The van der Waals surface area contributed by atoms with E-state index >= 15 is 0 Å². The molecule has 2 aromatic heterocycles. The zero-order valence-electron chi connectivity index (χ0n) is 20.9. The lowest BCUT2D eigenvalue weighted by molar-refractivity contribution is -0.113. The van der Waals surface area contributed by atoms with Gasteiger partial charge in [-0.05, 0) is 49.4 Å². The van der Waals surface area contributed by atoms with Gasteiger partial charge < -0.3 is 24.8 Å². The van der Waals surface area contributed by atoms with Gasteiger partial charge in [0.05, 0.1) is 38.8 Å². The highest BCUT2D eigenvalue weighted by Gasteiger charge is 2.37. The van der Waals surface area contributed by atoms with Crippen LogP contribution in [-0.4, -0.2) is 47.0 Å². The molecule has 10 heteroatoms. The van der Waals surface area contributed by atoms with Crippen molar-refractivity contribution in [3.8, 4) is 28.6 Å². The zero-order chi connectivity index (χ0) is 25.9. The summed E-state index contributed by atoms with van der Waals surface area (Å²) < 4.78 is 18.3. The van der Waals surface area contributed by atoms with Crippen molar-refractivity contribution >= 4 is 17.5 Å². The third kappa shape index (κ3) is 4.44. The number of hydrogen-bond donors (Lipinski definition) is 2. The third-order valence-electron chi connectivity index (χ3n) is 6.09. The number of benzene rings is 2. The van der Waals surface area contributed by atoms with Crippen molar-refractivity contribution < 1.29 is 19.0 Å². The van der Waals surface area contributed by atoms with E-state index in [1.807, 2.05) is 43.3 Å². The fourth-order valence-corrected chi connectivity index (χ4v) is 4.36. The molecule has 37 heavy (non-hydrogen) atoms. The van der Waals surface area contributed by atoms with E-state index in [4.69, 9.17) is 24.3 Å². The third-order valence-corrected chi connectivity index (χ3v) is 6.09. The van der Waals surface area contributed by atoms with Gasteiger partial charge in [-0.2, -0.15) is 4.98 Å². The number of aromatic nitrogens is 4. The second kappa shape index (κ2) is 10.0. The van der Waals surface area contributed by atoms with Gasteiger partial charge in [-0.1, -0.05) is 12.1 Å². The SMILES string of the molecule is COc1ccc(-c2nc3n(n2)C(c2cccc(OC)c2OC)C(C(=O)Nc2cccnc2)=C(C)N3)cc1. The number of methoxy groups -OCH3 is 3. The number of nitrogens with one attached hydrogen (secondary N) is 2. The largest absolute Gasteiger partial charge is 0.497 e. The molecule has 1 aliphatic heterocycles. The quantitative estimate of drug-likeness (QED) is 0.388. The lowest BCUT2D eigenvalue weighted by atomic mass is 9.94. The van der Waals surface area contributed by atoms with Crippen LogP contribution in [0.25, 0.3) is 11.4 Å². The van der Waals surface area contributed by atoms with Crippen molar-refractivity contribution in [3.05, 3.63) is 83.8 Å². The first-order valence-corrected chi connectivity index (χ1v) is 11.5. The van der Waals surface area contributed by atoms with Gasteiger partial charge in [0.25, 0.3) is 5.91 Å². The minimum atomic E-state index is -0.655. The number of pyridine rings is 1. The highest BCUT2D eigenvalue weighted by molar-refractivity contribution is 6.06. The smallest absolute Gasteiger partial charge is 0.255 e. The Hall–Kier alpha value is -4.86. The van der Waals surface area contributed by atoms with Crippen LogP contribution in [0.3, 0.4) is 0 Å². The summed E-state index contributed by atoms with van der Waals surface area (Å²) in [7, 11) is 4.76. The molecule has 4 aromatic rings. The zero-order valence-corrected chi connectivity index (χ0v) is 20.9. The van der Waals surface area contributed by atoms with E-state index in [9.17, 15) is 4.79 Å². The van der Waals surface area contributed by atoms with Crippen LogP contribution in [0.2, 0.25) is 0 Å². The number of carbonyl (C=O) groups excluding carboxylic acids is 1. The fourth-order valence-electron chi connectivity index (χ4n) is 4.36. The normalized spacial score (nSPS) is 14.4. The van der Waals surface area contributed by atoms with Gasteiger partial charge in [-0.3, -0.25) is 9.78 Å². The van der Waals surface area contributed by atoms with Crippen molar-refractivity contribution in [2.45, 2.75) is 13.0 Å². The number of amides is 1. The fraction of sp³-hybridized carbons (Fsp3) is 0.185. The first-order chi connectivity index (χ1) is 18.0. The van der Waals surface area contributed by atoms with Gasteiger partial charge in [-0.25, -0.2) is 4.68 Å². The number of fused-ring (bicyclic) bond motifs is 1. The Morgan fingerprint density at radius 1 is 1.00 bits per heavy atom. The Labute approximate surface area is 213 Å². The molecule has 1 amide bonds. The summed E-state index contributed by atoms with van der Waals surface area (Å²) >= 11 is 0. The van der Waals surface area contributed by atoms with E-state index in [1.165, 1.54) is 0 Å². The summed E-state index contributed by atoms with van der Waals surface area (Å²) in [4.78, 5) is 22.5. The number of anilines is 2. The number of hydrogen-bond acceptors (Lipinski definition) is 8. The molecule has 1 atom stereocenters. The van der Waals surface area contributed by atoms with E-state index in [2.05, 4.69) is 15.6 Å². The van der Waals surface area contributed by atoms with Gasteiger partial charge in [0, 0.05) is 23.0 Å². The molecule has 2 aromatic carbocycles. The van der Waals surface area contributed by atoms with Crippen molar-refractivity contribution in [2.75, 3.05) is 32.0 Å². The van der Waals surface area contributed by atoms with Gasteiger partial charge >= 0.3 is 0 Å². The van der Waals surface area contributed by atoms with E-state index in [1.54, 1.807) is 56.6 Å². The summed E-state index contributed by atoms with van der Waals surface area (Å²) in [6, 6.07) is 15.9. The van der Waals surface area contributed by atoms with Crippen LogP contribution < -0.4 is 24.8 Å². The predicted molar refractivity (Wildman–Crippen MR) is 139 cm³/mol. The van der Waals surface area contributed by atoms with E-state index in [0.717, 1.165) is 11.3 Å². The Morgan fingerprint density at radius 3 is 2.49 bits per heavy atom. The number of ether oxygens (including phenoxy) is 3. The van der Waals surface area contributed by atoms with Crippen LogP contribution in [0, 0.1) is 0 Å². The highest BCUT2D eigenvalue weighted by atomic mass is 16.5. The minimum Gasteiger partial charge on any atom is -0.497 e. The summed E-state index contributed by atoms with van der Waals surface area (Å²) in [6.45, 7) is 1.84. The predicted octanol–water partition coefficient (Wildman–Crippen LogP) is 4.29. The average Bonchev–Trinajstić information content (AvgIpc) is 3.35. The molecule has 0 aliphatic carbocycles. The second-order valence-corrected chi connectivity index (χ2v) is 8.28. The number of rotatable bonds is 7. The summed E-state index contributed by atoms with van der Waals surface area (Å²) in [5, 5.41) is 11.0. The molecular formula is C27H26N6O4. The average molecular weight is 499 g/mol. The first-order valence-electron chi connectivity index (χ1n) is 11.5. The molecule has 0 spiro atoms. The minimum absolute atomic E-state index is 0.306. The number of para-hydroxylation sites is 1. The van der Waals surface area contributed by atoms with Crippen LogP contribution in [0.1, 0.15) is 18.5 Å². The number of carbonyl (C=O) groups is 1. The molecule has 10 nitrogen and oxygen atoms in total. The van der Waals surface area contributed by atoms with Crippen LogP contribution in [-0.2, 0) is 4.79 Å². The van der Waals surface area contributed by atoms with Gasteiger partial charge in [-0.15, -0.1) is 5.10 Å². The Kier molecular flexibility index (Phi) is 6.46. The van der Waals surface area contributed by atoms with Crippen LogP contribution in [0.15, 0.2) is 78.3 Å². The van der Waals surface area contributed by atoms with E-state index in [-0.39, 0.29) is 5.91 Å². The molecule has 2 N–H and O–H groups in total. The van der Waals surface area contributed by atoms with Crippen LogP contribution >= 0.6 is 0 Å². The molecule has 0 radical (unpaired) electrons. The summed E-state index contributed by atoms with van der Waals surface area (Å²) in [5.74, 6) is 2.47. The van der Waals surface area contributed by atoms with Crippen molar-refractivity contribution in [1.82, 2.24) is 19.7 Å². The molecular weight excluding hydrogens is 472 g/mol. The molecule has 5 rings (SSSR count). The number of allylic oxidation sites excluding steroid dienone is 1. The maximum absolute atomic E-state index is 13.7. The molecule has 1 unspecified atom stereocenters. The standard InChI is InChI=1S/C27H26N6O4/c1-16-22(26(34)30-18-7-6-14-28-15-18)23(20-8-5-9-21(36-3)24(20)37-4)33-27(29-16)31-25(32-33)17-10-12-19(35-2)13-11-17/h5-15,23H,1-4H3,(H,30,34)(H,29,31,32). The van der Waals surface area contributed by atoms with Crippen molar-refractivity contribution in [3.63, 3.8) is 0 Å². The monoisotopic (exact) mass is 498 g/mol. The van der Waals surface area contributed by atoms with E-state index < -0.39 is 6.04 Å². The molecule has 0 saturated carbocycles. The molecule has 0 bridgehead atoms. The summed E-state index contributed by atoms with van der Waals surface area (Å²) in [5.41, 5.74) is 3.17. The number of nitrogens with zero attached hydrogens (tertiary/aromatic N) is 4. The van der Waals surface area contributed by atoms with Crippen molar-refractivity contribution in [2.24, 2.45) is 0 Å². The van der Waals surface area contributed by atoms with Gasteiger partial charge in [0.2, 0.25) is 5.95 Å². The molecule has 188 valence electrons. The molecule has 3 heterocycles. The highest BCUT2D eigenvalue weighted by Crippen LogP contribution is 2.43. The van der Waals surface area contributed by atoms with Gasteiger partial charge in [0.15, 0.2) is 17.3 Å². The van der Waals surface area contributed by atoms with Gasteiger partial charge in [0.1, 0.15) is 11.8 Å². The Bertz CT molecular complexity index is 1460. The molecule has 0 fully saturated rings. The lowest BCUT2D eigenvalue weighted by Gasteiger charge is -2.29.